The van der Waals surface area contributed by atoms with E-state index in [1.165, 1.54) is 19.1 Å². The number of benzene rings is 1. The maximum Gasteiger partial charge on any atom is 0.416 e. The number of carbonyl (C=O) groups excluding carboxylic acids is 2. The average Bonchev–Trinajstić information content (AvgIpc) is 3.22. The van der Waals surface area contributed by atoms with Crippen LogP contribution in [0.3, 0.4) is 0 Å². The number of hydrogen-bond donors (Lipinski definition) is 1. The van der Waals surface area contributed by atoms with Crippen molar-refractivity contribution >= 4 is 17.6 Å². The SMILES string of the molecule is CC(OC(=O)C1CC1)C(=O)Nc1cccc(C(F)(F)F)c1. The number of alkyl halides is 3. The quantitative estimate of drug-likeness (QED) is 0.870. The second kappa shape index (κ2) is 5.75. The van der Waals surface area contributed by atoms with Crippen molar-refractivity contribution in [3.63, 3.8) is 0 Å². The Morgan fingerprint density at radius 2 is 2.00 bits per heavy atom. The molecule has 7 heteroatoms. The Balaban J connectivity index is 1.97. The predicted molar refractivity (Wildman–Crippen MR) is 68.4 cm³/mol. The summed E-state index contributed by atoms with van der Waals surface area (Å²) >= 11 is 0. The van der Waals surface area contributed by atoms with Gasteiger partial charge in [-0.2, -0.15) is 13.2 Å². The van der Waals surface area contributed by atoms with Crippen LogP contribution in [0.15, 0.2) is 24.3 Å². The number of esters is 1. The van der Waals surface area contributed by atoms with E-state index in [9.17, 15) is 22.8 Å². The number of halogens is 3. The summed E-state index contributed by atoms with van der Waals surface area (Å²) in [6, 6.07) is 4.27. The first-order chi connectivity index (χ1) is 9.77. The number of hydrogen-bond acceptors (Lipinski definition) is 3. The van der Waals surface area contributed by atoms with E-state index in [1.807, 2.05) is 0 Å². The van der Waals surface area contributed by atoms with Crippen molar-refractivity contribution in [1.82, 2.24) is 0 Å². The molecule has 21 heavy (non-hydrogen) atoms. The number of rotatable bonds is 4. The highest BCUT2D eigenvalue weighted by molar-refractivity contribution is 5.95. The highest BCUT2D eigenvalue weighted by atomic mass is 19.4. The first-order valence-corrected chi connectivity index (χ1v) is 6.46. The molecule has 1 N–H and O–H groups in total. The smallest absolute Gasteiger partial charge is 0.416 e. The standard InChI is InChI=1S/C14H14F3NO3/c1-8(21-13(20)9-5-6-9)12(19)18-11-4-2-3-10(7-11)14(15,16)17/h2-4,7-9H,5-6H2,1H3,(H,18,19). The maximum atomic E-state index is 12.5. The van der Waals surface area contributed by atoms with Crippen LogP contribution in [0.4, 0.5) is 18.9 Å². The molecular formula is C14H14F3NO3. The van der Waals surface area contributed by atoms with Crippen LogP contribution in [-0.4, -0.2) is 18.0 Å². The molecule has 1 aliphatic carbocycles. The second-order valence-electron chi connectivity index (χ2n) is 4.92. The lowest BCUT2D eigenvalue weighted by Crippen LogP contribution is -2.30. The van der Waals surface area contributed by atoms with E-state index in [-0.39, 0.29) is 11.6 Å². The molecule has 1 aromatic carbocycles. The average molecular weight is 301 g/mol. The van der Waals surface area contributed by atoms with Crippen molar-refractivity contribution in [1.29, 1.82) is 0 Å². The summed E-state index contributed by atoms with van der Waals surface area (Å²) in [5, 5.41) is 2.30. The normalized spacial score (nSPS) is 16.2. The molecular weight excluding hydrogens is 287 g/mol. The zero-order valence-electron chi connectivity index (χ0n) is 11.2. The Morgan fingerprint density at radius 1 is 1.33 bits per heavy atom. The molecule has 0 saturated heterocycles. The van der Waals surface area contributed by atoms with Crippen molar-refractivity contribution in [3.05, 3.63) is 29.8 Å². The Bertz CT molecular complexity index is 553. The predicted octanol–water partition coefficient (Wildman–Crippen LogP) is 2.99. The Labute approximate surface area is 119 Å². The van der Waals surface area contributed by atoms with Gasteiger partial charge in [-0.15, -0.1) is 0 Å². The molecule has 1 amide bonds. The number of carbonyl (C=O) groups is 2. The summed E-state index contributed by atoms with van der Waals surface area (Å²) in [4.78, 5) is 23.2. The van der Waals surface area contributed by atoms with E-state index >= 15 is 0 Å². The Hall–Kier alpha value is -2.05. The van der Waals surface area contributed by atoms with Gasteiger partial charge in [0.2, 0.25) is 0 Å². The molecule has 1 aliphatic rings. The van der Waals surface area contributed by atoms with Crippen molar-refractivity contribution in [2.24, 2.45) is 5.92 Å². The Morgan fingerprint density at radius 3 is 2.57 bits per heavy atom. The number of nitrogens with one attached hydrogen (secondary N) is 1. The van der Waals surface area contributed by atoms with Gasteiger partial charge in [0, 0.05) is 5.69 Å². The van der Waals surface area contributed by atoms with Gasteiger partial charge in [0.25, 0.3) is 5.91 Å². The highest BCUT2D eigenvalue weighted by Gasteiger charge is 2.34. The third-order valence-electron chi connectivity index (χ3n) is 3.03. The summed E-state index contributed by atoms with van der Waals surface area (Å²) in [6.07, 6.45) is -4.03. The van der Waals surface area contributed by atoms with Crippen LogP contribution in [0.25, 0.3) is 0 Å². The molecule has 1 aromatic rings. The van der Waals surface area contributed by atoms with E-state index < -0.39 is 29.7 Å². The zero-order chi connectivity index (χ0) is 15.6. The molecule has 0 bridgehead atoms. The lowest BCUT2D eigenvalue weighted by atomic mass is 10.2. The summed E-state index contributed by atoms with van der Waals surface area (Å²) in [5.41, 5.74) is -0.855. The fraction of sp³-hybridized carbons (Fsp3) is 0.429. The van der Waals surface area contributed by atoms with Gasteiger partial charge in [-0.3, -0.25) is 9.59 Å². The van der Waals surface area contributed by atoms with Crippen molar-refractivity contribution in [2.45, 2.75) is 32.0 Å². The van der Waals surface area contributed by atoms with E-state index in [0.717, 1.165) is 25.0 Å². The second-order valence-corrected chi connectivity index (χ2v) is 4.92. The third kappa shape index (κ3) is 4.21. The van der Waals surface area contributed by atoms with E-state index in [4.69, 9.17) is 4.74 Å². The molecule has 0 spiro atoms. The number of amides is 1. The van der Waals surface area contributed by atoms with Gasteiger partial charge in [0.15, 0.2) is 6.10 Å². The minimum atomic E-state index is -4.48. The van der Waals surface area contributed by atoms with Crippen LogP contribution in [0.5, 0.6) is 0 Å². The lowest BCUT2D eigenvalue weighted by Gasteiger charge is -2.14. The van der Waals surface area contributed by atoms with E-state index in [1.54, 1.807) is 0 Å². The van der Waals surface area contributed by atoms with Gasteiger partial charge in [0.05, 0.1) is 11.5 Å². The monoisotopic (exact) mass is 301 g/mol. The third-order valence-corrected chi connectivity index (χ3v) is 3.03. The van der Waals surface area contributed by atoms with Crippen LogP contribution < -0.4 is 5.32 Å². The fourth-order valence-electron chi connectivity index (χ4n) is 1.66. The van der Waals surface area contributed by atoms with Crippen LogP contribution in [-0.2, 0) is 20.5 Å². The van der Waals surface area contributed by atoms with Crippen LogP contribution in [0.1, 0.15) is 25.3 Å². The topological polar surface area (TPSA) is 55.4 Å². The molecule has 2 rings (SSSR count). The van der Waals surface area contributed by atoms with E-state index in [2.05, 4.69) is 5.32 Å². The van der Waals surface area contributed by atoms with Gasteiger partial charge in [-0.05, 0) is 38.0 Å². The minimum Gasteiger partial charge on any atom is -0.452 e. The largest absolute Gasteiger partial charge is 0.452 e. The van der Waals surface area contributed by atoms with Crippen molar-refractivity contribution < 1.29 is 27.5 Å². The van der Waals surface area contributed by atoms with Crippen molar-refractivity contribution in [3.8, 4) is 0 Å². The maximum absolute atomic E-state index is 12.5. The first-order valence-electron chi connectivity index (χ1n) is 6.46. The van der Waals surface area contributed by atoms with Gasteiger partial charge in [-0.25, -0.2) is 0 Å². The molecule has 0 aromatic heterocycles. The zero-order valence-corrected chi connectivity index (χ0v) is 11.2. The molecule has 4 nitrogen and oxygen atoms in total. The summed E-state index contributed by atoms with van der Waals surface area (Å²) in [7, 11) is 0. The molecule has 1 atom stereocenters. The minimum absolute atomic E-state index is 0.00384. The van der Waals surface area contributed by atoms with Gasteiger partial charge in [0.1, 0.15) is 0 Å². The van der Waals surface area contributed by atoms with Crippen molar-refractivity contribution in [2.75, 3.05) is 5.32 Å². The highest BCUT2D eigenvalue weighted by Crippen LogP contribution is 2.31. The fourth-order valence-corrected chi connectivity index (χ4v) is 1.66. The summed E-state index contributed by atoms with van der Waals surface area (Å²) < 4.78 is 42.6. The van der Waals surface area contributed by atoms with Crippen LogP contribution in [0.2, 0.25) is 0 Å². The summed E-state index contributed by atoms with van der Waals surface area (Å²) in [5.74, 6) is -1.25. The molecule has 0 aliphatic heterocycles. The van der Waals surface area contributed by atoms with Crippen LogP contribution in [0, 0.1) is 5.92 Å². The van der Waals surface area contributed by atoms with Gasteiger partial charge in [-0.1, -0.05) is 6.07 Å². The molecule has 114 valence electrons. The van der Waals surface area contributed by atoms with Crippen LogP contribution >= 0.6 is 0 Å². The molecule has 1 saturated carbocycles. The number of anilines is 1. The lowest BCUT2D eigenvalue weighted by molar-refractivity contribution is -0.154. The molecule has 1 fully saturated rings. The molecule has 1 unspecified atom stereocenters. The van der Waals surface area contributed by atoms with Gasteiger partial charge >= 0.3 is 12.1 Å². The summed E-state index contributed by atoms with van der Waals surface area (Å²) in [6.45, 7) is 1.38. The number of ether oxygens (including phenoxy) is 1. The van der Waals surface area contributed by atoms with E-state index in [0.29, 0.717) is 0 Å². The molecule has 0 heterocycles. The first kappa shape index (κ1) is 15.3. The Kier molecular flexibility index (Phi) is 4.20. The molecule has 0 radical (unpaired) electrons. The van der Waals surface area contributed by atoms with Gasteiger partial charge < -0.3 is 10.1 Å².